The third kappa shape index (κ3) is 3.46. The fourth-order valence-corrected chi connectivity index (χ4v) is 2.66. The van der Waals surface area contributed by atoms with Gasteiger partial charge in [-0.3, -0.25) is 9.89 Å². The topological polar surface area (TPSA) is 76.2 Å². The van der Waals surface area contributed by atoms with Crippen molar-refractivity contribution < 1.29 is 23.0 Å². The summed E-state index contributed by atoms with van der Waals surface area (Å²) in [6.45, 7) is 1.68. The molecule has 0 saturated carbocycles. The van der Waals surface area contributed by atoms with Crippen molar-refractivity contribution in [2.75, 3.05) is 19.5 Å². The molecule has 0 bridgehead atoms. The van der Waals surface area contributed by atoms with E-state index in [0.717, 1.165) is 12.1 Å². The number of nitrogens with one attached hydrogen (secondary N) is 2. The number of carbonyl (C=O) groups excluding carboxylic acids is 1. The van der Waals surface area contributed by atoms with Crippen LogP contribution in [0.5, 0.6) is 11.5 Å². The molecular formula is C19H17F2N3O3. The number of aryl methyl sites for hydroxylation is 1. The molecule has 0 saturated heterocycles. The average Bonchev–Trinajstić information content (AvgIpc) is 3.01. The Bertz CT molecular complexity index is 982. The van der Waals surface area contributed by atoms with Crippen LogP contribution >= 0.6 is 0 Å². The molecule has 0 aliphatic heterocycles. The molecule has 1 amide bonds. The standard InChI is InChI=1S/C19H17F2N3O3/c1-10-17(22-19(25)16-13(20)5-4-6-14(16)21)18(24-23-10)12-8-7-11(26-2)9-15(12)27-3/h4-9H,1-3H3,(H,22,25)(H,23,24). The van der Waals surface area contributed by atoms with E-state index in [1.54, 1.807) is 25.1 Å². The number of H-pyrrole nitrogens is 1. The molecule has 140 valence electrons. The maximum absolute atomic E-state index is 13.9. The summed E-state index contributed by atoms with van der Waals surface area (Å²) in [4.78, 5) is 12.5. The first kappa shape index (κ1) is 18.4. The van der Waals surface area contributed by atoms with Crippen LogP contribution in [0.1, 0.15) is 16.1 Å². The van der Waals surface area contributed by atoms with Gasteiger partial charge in [-0.05, 0) is 31.2 Å². The molecule has 0 fully saturated rings. The summed E-state index contributed by atoms with van der Waals surface area (Å²) in [6, 6.07) is 8.33. The molecule has 1 aromatic heterocycles. The number of nitrogens with zero attached hydrogens (tertiary/aromatic N) is 1. The third-order valence-electron chi connectivity index (χ3n) is 4.04. The van der Waals surface area contributed by atoms with Gasteiger partial charge in [0.1, 0.15) is 34.4 Å². The predicted octanol–water partition coefficient (Wildman–Crippen LogP) is 3.93. The summed E-state index contributed by atoms with van der Waals surface area (Å²) < 4.78 is 38.3. The Morgan fingerprint density at radius 1 is 1.11 bits per heavy atom. The van der Waals surface area contributed by atoms with Gasteiger partial charge in [-0.1, -0.05) is 6.07 Å². The summed E-state index contributed by atoms with van der Waals surface area (Å²) in [5.41, 5.74) is 1.11. The molecule has 0 radical (unpaired) electrons. The van der Waals surface area contributed by atoms with Gasteiger partial charge in [-0.2, -0.15) is 5.10 Å². The van der Waals surface area contributed by atoms with Gasteiger partial charge in [-0.25, -0.2) is 8.78 Å². The van der Waals surface area contributed by atoms with Crippen molar-refractivity contribution in [2.24, 2.45) is 0 Å². The van der Waals surface area contributed by atoms with Gasteiger partial charge in [0.25, 0.3) is 5.91 Å². The number of rotatable bonds is 5. The quantitative estimate of drug-likeness (QED) is 0.710. The smallest absolute Gasteiger partial charge is 0.261 e. The van der Waals surface area contributed by atoms with Crippen molar-refractivity contribution in [1.29, 1.82) is 0 Å². The van der Waals surface area contributed by atoms with Crippen molar-refractivity contribution in [2.45, 2.75) is 6.92 Å². The number of amides is 1. The molecule has 0 aliphatic rings. The molecule has 27 heavy (non-hydrogen) atoms. The summed E-state index contributed by atoms with van der Waals surface area (Å²) in [5.74, 6) is -1.76. The molecule has 8 heteroatoms. The number of hydrogen-bond acceptors (Lipinski definition) is 4. The van der Waals surface area contributed by atoms with Crippen LogP contribution in [-0.2, 0) is 0 Å². The molecular weight excluding hydrogens is 356 g/mol. The van der Waals surface area contributed by atoms with Gasteiger partial charge in [0.15, 0.2) is 0 Å². The van der Waals surface area contributed by atoms with Gasteiger partial charge in [-0.15, -0.1) is 0 Å². The van der Waals surface area contributed by atoms with Crippen LogP contribution in [0.3, 0.4) is 0 Å². The normalized spacial score (nSPS) is 10.6. The van der Waals surface area contributed by atoms with E-state index in [1.165, 1.54) is 20.3 Å². The van der Waals surface area contributed by atoms with Crippen LogP contribution in [0.4, 0.5) is 14.5 Å². The van der Waals surface area contributed by atoms with E-state index in [1.807, 2.05) is 0 Å². The highest BCUT2D eigenvalue weighted by Gasteiger charge is 2.22. The highest BCUT2D eigenvalue weighted by molar-refractivity contribution is 6.07. The lowest BCUT2D eigenvalue weighted by molar-refractivity contribution is 0.101. The number of aromatic amines is 1. The highest BCUT2D eigenvalue weighted by atomic mass is 19.1. The number of anilines is 1. The Kier molecular flexibility index (Phi) is 5.07. The number of benzene rings is 2. The Labute approximate surface area is 154 Å². The van der Waals surface area contributed by atoms with Gasteiger partial charge < -0.3 is 14.8 Å². The average molecular weight is 373 g/mol. The minimum Gasteiger partial charge on any atom is -0.497 e. The Balaban J connectivity index is 2.02. The second-order valence-electron chi connectivity index (χ2n) is 5.69. The largest absolute Gasteiger partial charge is 0.497 e. The molecule has 6 nitrogen and oxygen atoms in total. The van der Waals surface area contributed by atoms with E-state index in [4.69, 9.17) is 9.47 Å². The van der Waals surface area contributed by atoms with Crippen molar-refractivity contribution >= 4 is 11.6 Å². The number of halogens is 2. The van der Waals surface area contributed by atoms with Crippen LogP contribution in [0.15, 0.2) is 36.4 Å². The van der Waals surface area contributed by atoms with Crippen molar-refractivity contribution in [3.8, 4) is 22.8 Å². The predicted molar refractivity (Wildman–Crippen MR) is 96.2 cm³/mol. The monoisotopic (exact) mass is 373 g/mol. The van der Waals surface area contributed by atoms with Crippen molar-refractivity contribution in [3.05, 3.63) is 59.3 Å². The lowest BCUT2D eigenvalue weighted by Gasteiger charge is -2.12. The number of methoxy groups -OCH3 is 2. The third-order valence-corrected chi connectivity index (χ3v) is 4.04. The van der Waals surface area contributed by atoms with Crippen molar-refractivity contribution in [3.63, 3.8) is 0 Å². The van der Waals surface area contributed by atoms with E-state index < -0.39 is 23.1 Å². The van der Waals surface area contributed by atoms with Gasteiger partial charge in [0, 0.05) is 11.6 Å². The highest BCUT2D eigenvalue weighted by Crippen LogP contribution is 2.37. The molecule has 0 unspecified atom stereocenters. The van der Waals surface area contributed by atoms with Crippen LogP contribution in [0, 0.1) is 18.6 Å². The Morgan fingerprint density at radius 2 is 1.81 bits per heavy atom. The minimum absolute atomic E-state index is 0.297. The summed E-state index contributed by atoms with van der Waals surface area (Å²) in [6.07, 6.45) is 0. The molecule has 2 aromatic carbocycles. The first-order chi connectivity index (χ1) is 13.0. The number of ether oxygens (including phenoxy) is 2. The molecule has 0 spiro atoms. The van der Waals surface area contributed by atoms with Gasteiger partial charge in [0.2, 0.25) is 0 Å². The first-order valence-corrected chi connectivity index (χ1v) is 7.99. The van der Waals surface area contributed by atoms with E-state index in [9.17, 15) is 13.6 Å². The van der Waals surface area contributed by atoms with E-state index in [0.29, 0.717) is 34.1 Å². The number of carbonyl (C=O) groups is 1. The fraction of sp³-hybridized carbons (Fsp3) is 0.158. The van der Waals surface area contributed by atoms with Crippen LogP contribution in [-0.4, -0.2) is 30.3 Å². The van der Waals surface area contributed by atoms with Gasteiger partial charge in [0.05, 0.1) is 25.6 Å². The SMILES string of the molecule is COc1ccc(-c2n[nH]c(C)c2NC(=O)c2c(F)cccc2F)c(OC)c1. The zero-order valence-electron chi connectivity index (χ0n) is 14.9. The Hall–Kier alpha value is -3.42. The molecule has 3 aromatic rings. The molecule has 0 aliphatic carbocycles. The summed E-state index contributed by atoms with van der Waals surface area (Å²) in [5, 5.41) is 9.49. The summed E-state index contributed by atoms with van der Waals surface area (Å²) in [7, 11) is 3.02. The zero-order valence-corrected chi connectivity index (χ0v) is 14.9. The van der Waals surface area contributed by atoms with Gasteiger partial charge >= 0.3 is 0 Å². The lowest BCUT2D eigenvalue weighted by atomic mass is 10.1. The molecule has 1 heterocycles. The minimum atomic E-state index is -0.947. The summed E-state index contributed by atoms with van der Waals surface area (Å²) >= 11 is 0. The van der Waals surface area contributed by atoms with Crippen LogP contribution < -0.4 is 14.8 Å². The first-order valence-electron chi connectivity index (χ1n) is 7.99. The van der Waals surface area contributed by atoms with E-state index >= 15 is 0 Å². The Morgan fingerprint density at radius 3 is 2.44 bits per heavy atom. The van der Waals surface area contributed by atoms with Crippen molar-refractivity contribution in [1.82, 2.24) is 10.2 Å². The number of hydrogen-bond donors (Lipinski definition) is 2. The van der Waals surface area contributed by atoms with E-state index in [2.05, 4.69) is 15.5 Å². The molecule has 2 N–H and O–H groups in total. The molecule has 0 atom stereocenters. The maximum Gasteiger partial charge on any atom is 0.261 e. The van der Waals surface area contributed by atoms with E-state index in [-0.39, 0.29) is 0 Å². The van der Waals surface area contributed by atoms with Crippen LogP contribution in [0.25, 0.3) is 11.3 Å². The lowest BCUT2D eigenvalue weighted by Crippen LogP contribution is -2.16. The second kappa shape index (κ2) is 7.45. The second-order valence-corrected chi connectivity index (χ2v) is 5.69. The fourth-order valence-electron chi connectivity index (χ4n) is 2.66. The number of aromatic nitrogens is 2. The maximum atomic E-state index is 13.9. The zero-order chi connectivity index (χ0) is 19.6. The van der Waals surface area contributed by atoms with Crippen LogP contribution in [0.2, 0.25) is 0 Å². The molecule has 3 rings (SSSR count).